The maximum Gasteiger partial charge on any atom is 0.376 e. The summed E-state index contributed by atoms with van der Waals surface area (Å²) in [5, 5.41) is 10.2. The summed E-state index contributed by atoms with van der Waals surface area (Å²) in [7, 11) is -1.74. The summed E-state index contributed by atoms with van der Waals surface area (Å²) in [6, 6.07) is 1.35. The molecule has 0 radical (unpaired) electrons. The second kappa shape index (κ2) is 5.83. The summed E-state index contributed by atoms with van der Waals surface area (Å²) >= 11 is 3.57. The average Bonchev–Trinajstić information content (AvgIpc) is 3.07. The Morgan fingerprint density at radius 2 is 2.17 bits per heavy atom. The highest BCUT2D eigenvalue weighted by atomic mass is 79.9. The lowest BCUT2D eigenvalue weighted by Gasteiger charge is -2.25. The van der Waals surface area contributed by atoms with Gasteiger partial charge >= 0.3 is 7.05 Å². The molecule has 24 heavy (non-hydrogen) atoms. The molecule has 0 bridgehead atoms. The number of aromatic nitrogens is 2. The molecule has 0 amide bonds. The van der Waals surface area contributed by atoms with E-state index in [0.29, 0.717) is 11.8 Å². The van der Waals surface area contributed by atoms with E-state index in [1.54, 1.807) is 0 Å². The summed E-state index contributed by atoms with van der Waals surface area (Å²) in [6.45, 7) is 6.66. The van der Waals surface area contributed by atoms with Crippen LogP contribution in [0.5, 0.6) is 0 Å². The number of H-pyrrole nitrogens is 1. The summed E-state index contributed by atoms with van der Waals surface area (Å²) in [5.41, 5.74) is 2.26. The molecule has 1 aromatic rings. The Kier molecular flexibility index (Phi) is 4.03. The van der Waals surface area contributed by atoms with Crippen molar-refractivity contribution < 1.29 is 5.02 Å². The highest BCUT2D eigenvalue weighted by Gasteiger charge is 2.44. The third-order valence-corrected chi connectivity index (χ3v) is 8.61. The van der Waals surface area contributed by atoms with Crippen molar-refractivity contribution in [3.05, 3.63) is 46.0 Å². The van der Waals surface area contributed by atoms with E-state index in [-0.39, 0.29) is 6.04 Å². The lowest BCUT2D eigenvalue weighted by molar-refractivity contribution is 0.350. The van der Waals surface area contributed by atoms with E-state index in [9.17, 15) is 5.02 Å². The van der Waals surface area contributed by atoms with E-state index in [4.69, 9.17) is 4.98 Å². The number of fused-ring (bicyclic) bond motifs is 3. The highest BCUT2D eigenvalue weighted by molar-refractivity contribution is 9.11. The maximum absolute atomic E-state index is 10.2. The fourth-order valence-corrected chi connectivity index (χ4v) is 7.78. The van der Waals surface area contributed by atoms with Gasteiger partial charge in [0.25, 0.3) is 0 Å². The molecule has 2 N–H and O–H groups in total. The SMILES string of the molecule is CB(O)N1C[Si](C)(C)C[C@H]1c1nc2c([nH]1)C1C=CC(Br)=CC1C=C2. The van der Waals surface area contributed by atoms with Crippen molar-refractivity contribution in [2.24, 2.45) is 5.92 Å². The van der Waals surface area contributed by atoms with Crippen LogP contribution in [-0.2, 0) is 0 Å². The number of imidazole rings is 1. The Morgan fingerprint density at radius 1 is 1.38 bits per heavy atom. The molecule has 0 aromatic carbocycles. The molecule has 1 aliphatic heterocycles. The van der Waals surface area contributed by atoms with Crippen LogP contribution in [0.1, 0.15) is 29.2 Å². The molecule has 2 heterocycles. The monoisotopic (exact) mass is 403 g/mol. The first-order valence-electron chi connectivity index (χ1n) is 8.61. The zero-order valence-corrected chi connectivity index (χ0v) is 16.9. The molecule has 1 aromatic heterocycles. The number of nitrogens with zero attached hydrogens (tertiary/aromatic N) is 2. The first kappa shape index (κ1) is 16.6. The zero-order chi connectivity index (χ0) is 17.1. The molecular formula is C17H23BBrN3OSi. The number of rotatable bonds is 2. The molecule has 1 saturated heterocycles. The number of halogens is 1. The van der Waals surface area contributed by atoms with Crippen molar-refractivity contribution in [2.75, 3.05) is 6.17 Å². The summed E-state index contributed by atoms with van der Waals surface area (Å²) < 4.78 is 1.14. The van der Waals surface area contributed by atoms with Crippen molar-refractivity contribution in [1.29, 1.82) is 0 Å². The van der Waals surface area contributed by atoms with Gasteiger partial charge in [0, 0.05) is 16.3 Å². The van der Waals surface area contributed by atoms with Crippen LogP contribution in [0.3, 0.4) is 0 Å². The van der Waals surface area contributed by atoms with Gasteiger partial charge in [0.15, 0.2) is 0 Å². The molecule has 3 atom stereocenters. The molecule has 126 valence electrons. The standard InChI is InChI=1S/C17H23BBrN3OSi/c1-18(23)22-10-24(2,3)9-15(22)17-20-14-7-4-11-8-12(19)5-6-13(11)16(14)21-17/h4-8,11,13,15,23H,9-10H2,1-3H3,(H,20,21)/t11?,13?,15-/m0/s1. The third kappa shape index (κ3) is 2.81. The van der Waals surface area contributed by atoms with Crippen LogP contribution in [0.15, 0.2) is 28.8 Å². The van der Waals surface area contributed by atoms with E-state index in [1.165, 1.54) is 5.69 Å². The minimum Gasteiger partial charge on any atom is -0.437 e. The predicted octanol–water partition coefficient (Wildman–Crippen LogP) is 3.70. The Morgan fingerprint density at radius 3 is 2.92 bits per heavy atom. The molecule has 4 rings (SSSR count). The second-order valence-corrected chi connectivity index (χ2v) is 14.0. The molecule has 1 fully saturated rings. The first-order chi connectivity index (χ1) is 11.3. The summed E-state index contributed by atoms with van der Waals surface area (Å²) in [4.78, 5) is 10.7. The maximum atomic E-state index is 10.2. The van der Waals surface area contributed by atoms with Crippen molar-refractivity contribution in [2.45, 2.75) is 37.9 Å². The van der Waals surface area contributed by atoms with Gasteiger partial charge in [-0.2, -0.15) is 0 Å². The van der Waals surface area contributed by atoms with Crippen molar-refractivity contribution in [3.63, 3.8) is 0 Å². The Bertz CT molecular complexity index is 755. The number of allylic oxidation sites excluding steroid dienone is 5. The lowest BCUT2D eigenvalue weighted by Crippen LogP contribution is -2.40. The van der Waals surface area contributed by atoms with Gasteiger partial charge in [-0.3, -0.25) is 0 Å². The van der Waals surface area contributed by atoms with Crippen LogP contribution in [0.25, 0.3) is 6.08 Å². The topological polar surface area (TPSA) is 52.1 Å². The predicted molar refractivity (Wildman–Crippen MR) is 106 cm³/mol. The van der Waals surface area contributed by atoms with Crippen LogP contribution in [0, 0.1) is 5.92 Å². The molecule has 4 nitrogen and oxygen atoms in total. The second-order valence-electron chi connectivity index (χ2n) is 7.98. The fraction of sp³-hybridized carbons (Fsp3) is 0.471. The van der Waals surface area contributed by atoms with Gasteiger partial charge in [-0.1, -0.05) is 53.3 Å². The number of hydrogen-bond donors (Lipinski definition) is 2. The third-order valence-electron chi connectivity index (χ3n) is 5.37. The molecule has 0 spiro atoms. The lowest BCUT2D eigenvalue weighted by atomic mass is 9.82. The zero-order valence-electron chi connectivity index (χ0n) is 14.3. The number of nitrogens with one attached hydrogen (secondary N) is 1. The van der Waals surface area contributed by atoms with Gasteiger partial charge < -0.3 is 14.8 Å². The van der Waals surface area contributed by atoms with Crippen LogP contribution in [-0.4, -0.2) is 41.1 Å². The van der Waals surface area contributed by atoms with Gasteiger partial charge in [0.05, 0.1) is 25.5 Å². The van der Waals surface area contributed by atoms with Gasteiger partial charge in [0.2, 0.25) is 0 Å². The average molecular weight is 404 g/mol. The van der Waals surface area contributed by atoms with Gasteiger partial charge in [0.1, 0.15) is 5.82 Å². The Labute approximate surface area is 153 Å². The van der Waals surface area contributed by atoms with E-state index in [0.717, 1.165) is 28.2 Å². The largest absolute Gasteiger partial charge is 0.437 e. The summed E-state index contributed by atoms with van der Waals surface area (Å²) in [5.74, 6) is 1.73. The fourth-order valence-electron chi connectivity index (χ4n) is 4.25. The van der Waals surface area contributed by atoms with E-state index >= 15 is 0 Å². The molecule has 2 unspecified atom stereocenters. The van der Waals surface area contributed by atoms with Gasteiger partial charge in [-0.05, 0) is 25.1 Å². The smallest absolute Gasteiger partial charge is 0.376 e. The molecule has 3 aliphatic rings. The number of hydrogen-bond acceptors (Lipinski definition) is 3. The highest BCUT2D eigenvalue weighted by Crippen LogP contribution is 2.42. The van der Waals surface area contributed by atoms with Crippen molar-refractivity contribution in [1.82, 2.24) is 14.8 Å². The van der Waals surface area contributed by atoms with Crippen molar-refractivity contribution in [3.8, 4) is 0 Å². The molecule has 0 saturated carbocycles. The normalized spacial score (nSPS) is 30.9. The van der Waals surface area contributed by atoms with E-state index < -0.39 is 15.1 Å². The number of aromatic amines is 1. The minimum absolute atomic E-state index is 0.207. The summed E-state index contributed by atoms with van der Waals surface area (Å²) in [6.07, 6.45) is 12.0. The minimum atomic E-state index is -1.31. The van der Waals surface area contributed by atoms with Gasteiger partial charge in [-0.15, -0.1) is 0 Å². The van der Waals surface area contributed by atoms with Crippen molar-refractivity contribution >= 4 is 37.1 Å². The Balaban J connectivity index is 1.68. The van der Waals surface area contributed by atoms with Crippen LogP contribution < -0.4 is 0 Å². The van der Waals surface area contributed by atoms with Crippen LogP contribution in [0.4, 0.5) is 0 Å². The van der Waals surface area contributed by atoms with E-state index in [1.807, 2.05) is 6.82 Å². The molecule has 2 aliphatic carbocycles. The molecule has 7 heteroatoms. The van der Waals surface area contributed by atoms with Crippen LogP contribution in [0.2, 0.25) is 26.0 Å². The molecular weight excluding hydrogens is 381 g/mol. The van der Waals surface area contributed by atoms with Crippen LogP contribution >= 0.6 is 15.9 Å². The van der Waals surface area contributed by atoms with Gasteiger partial charge in [-0.25, -0.2) is 4.98 Å². The Hall–Kier alpha value is -0.888. The first-order valence-corrected chi connectivity index (χ1v) is 12.8. The quantitative estimate of drug-likeness (QED) is 0.740. The van der Waals surface area contributed by atoms with E-state index in [2.05, 4.69) is 69.2 Å².